The Morgan fingerprint density at radius 2 is 0.821 bits per heavy atom. The number of rotatable bonds is 26. The van der Waals surface area contributed by atoms with Gasteiger partial charge in [0.15, 0.2) is 37.7 Å². The van der Waals surface area contributed by atoms with Gasteiger partial charge in [-0.1, -0.05) is 119 Å². The molecule has 0 saturated carbocycles. The summed E-state index contributed by atoms with van der Waals surface area (Å²) in [6, 6.07) is 27.7. The number of unbranched alkanes of at least 4 members (excludes halogenated alkanes) is 1. The summed E-state index contributed by atoms with van der Waals surface area (Å²) in [4.78, 5) is 0. The highest BCUT2D eigenvalue weighted by Gasteiger charge is 2.51. The summed E-state index contributed by atoms with van der Waals surface area (Å²) in [5, 5.41) is 32.1. The van der Waals surface area contributed by atoms with Crippen molar-refractivity contribution in [2.45, 2.75) is 203 Å². The predicted octanol–water partition coefficient (Wildman–Crippen LogP) is 4.02. The molecule has 84 heavy (non-hydrogen) atoms. The third-order valence-electron chi connectivity index (χ3n) is 17.3. The zero-order valence-corrected chi connectivity index (χ0v) is 48.9. The summed E-state index contributed by atoms with van der Waals surface area (Å²) in [7, 11) is 0. The molecule has 6 aliphatic heterocycles. The van der Waals surface area contributed by atoms with Gasteiger partial charge >= 0.3 is 0 Å². The van der Waals surface area contributed by atoms with Crippen molar-refractivity contribution in [3.05, 3.63) is 108 Å². The molecule has 21 heteroatoms. The molecule has 7 unspecified atom stereocenters. The molecule has 466 valence electrons. The van der Waals surface area contributed by atoms with Gasteiger partial charge in [-0.15, -0.1) is 12.3 Å². The topological polar surface area (TPSA) is 277 Å². The number of nitrogens with two attached hydrogens (primary N) is 3. The molecule has 24 atom stereocenters. The summed E-state index contributed by atoms with van der Waals surface area (Å²) in [6.07, 6.45) is -4.18. The quantitative estimate of drug-likeness (QED) is 0.0489. The van der Waals surface area contributed by atoms with Gasteiger partial charge in [-0.25, -0.2) is 0 Å². The summed E-state index contributed by atoms with van der Waals surface area (Å²) < 4.78 is 96.8. The third kappa shape index (κ3) is 17.0. The Hall–Kier alpha value is -3.62. The van der Waals surface area contributed by atoms with Gasteiger partial charge in [0.1, 0.15) is 30.5 Å². The second kappa shape index (κ2) is 32.0. The summed E-state index contributed by atoms with van der Waals surface area (Å²) in [6.45, 7) is 8.78. The lowest BCUT2D eigenvalue weighted by Gasteiger charge is -2.48. The Morgan fingerprint density at radius 3 is 1.21 bits per heavy atom. The molecule has 9 rings (SSSR count). The van der Waals surface area contributed by atoms with Crippen LogP contribution in [-0.4, -0.2) is 185 Å². The Labute approximate surface area is 494 Å². The highest BCUT2D eigenvalue weighted by molar-refractivity contribution is 5.15. The molecule has 6 saturated heterocycles. The molecule has 0 spiro atoms. The molecule has 6 aliphatic rings. The van der Waals surface area contributed by atoms with Crippen molar-refractivity contribution in [3.8, 4) is 12.3 Å². The molecule has 9 N–H and O–H groups in total. The van der Waals surface area contributed by atoms with Crippen LogP contribution in [-0.2, 0) is 90.9 Å². The van der Waals surface area contributed by atoms with Gasteiger partial charge in [0.2, 0.25) is 0 Å². The van der Waals surface area contributed by atoms with Crippen LogP contribution in [0.1, 0.15) is 76.5 Å². The van der Waals surface area contributed by atoms with Gasteiger partial charge in [0.05, 0.1) is 121 Å². The minimum Gasteiger partial charge on any atom is -0.394 e. The minimum atomic E-state index is -0.997. The molecule has 0 radical (unpaired) electrons. The maximum Gasteiger partial charge on any atom is 0.174 e. The Morgan fingerprint density at radius 1 is 0.464 bits per heavy atom. The van der Waals surface area contributed by atoms with E-state index in [0.29, 0.717) is 39.1 Å². The van der Waals surface area contributed by atoms with Gasteiger partial charge in [0, 0.05) is 49.4 Å². The first-order valence-electron chi connectivity index (χ1n) is 30.0. The highest BCUT2D eigenvalue weighted by Crippen LogP contribution is 2.38. The summed E-state index contributed by atoms with van der Waals surface area (Å²) in [5.74, 6) is 1.74. The molecule has 6 fully saturated rings. The van der Waals surface area contributed by atoms with Gasteiger partial charge in [-0.05, 0) is 23.1 Å². The molecule has 0 aromatic heterocycles. The predicted molar refractivity (Wildman–Crippen MR) is 304 cm³/mol. The van der Waals surface area contributed by atoms with E-state index in [1.54, 1.807) is 0 Å². The number of ether oxygens (including phenoxy) is 15. The van der Waals surface area contributed by atoms with E-state index >= 15 is 0 Å². The number of benzene rings is 3. The second-order valence-electron chi connectivity index (χ2n) is 23.3. The number of terminal acetylenes is 1. The molecule has 0 bridgehead atoms. The Bertz CT molecular complexity index is 2400. The van der Waals surface area contributed by atoms with Crippen LogP contribution in [0.25, 0.3) is 0 Å². The van der Waals surface area contributed by atoms with Crippen LogP contribution in [0.5, 0.6) is 0 Å². The smallest absolute Gasteiger partial charge is 0.174 e. The van der Waals surface area contributed by atoms with E-state index < -0.39 is 129 Å². The van der Waals surface area contributed by atoms with Gasteiger partial charge in [0.25, 0.3) is 0 Å². The lowest BCUT2D eigenvalue weighted by Crippen LogP contribution is -2.63. The summed E-state index contributed by atoms with van der Waals surface area (Å²) in [5.41, 5.74) is 23.6. The fraction of sp³-hybridized carbons (Fsp3) is 0.683. The molecule has 3 aromatic carbocycles. The van der Waals surface area contributed by atoms with E-state index in [4.69, 9.17) is 94.7 Å². The maximum absolute atomic E-state index is 10.9. The number of hydrogen-bond donors (Lipinski definition) is 6. The first kappa shape index (κ1) is 64.8. The van der Waals surface area contributed by atoms with Crippen LogP contribution in [0.3, 0.4) is 0 Å². The second-order valence-corrected chi connectivity index (χ2v) is 23.3. The van der Waals surface area contributed by atoms with Crippen LogP contribution >= 0.6 is 0 Å². The van der Waals surface area contributed by atoms with Crippen molar-refractivity contribution in [1.29, 1.82) is 0 Å². The average molecular weight is 1180 g/mol. The van der Waals surface area contributed by atoms with Crippen molar-refractivity contribution in [2.24, 2.45) is 40.9 Å². The van der Waals surface area contributed by atoms with E-state index in [1.807, 2.05) is 112 Å². The third-order valence-corrected chi connectivity index (χ3v) is 17.3. The number of aliphatic hydroxyl groups is 3. The maximum atomic E-state index is 10.9. The SMILES string of the molecule is C#CCCCO[C@@H]1OC(CO)[C@@H](O[C@H]2C[C@H](OCc3ccccc3)[C@H](O[C@@H]3OC(CO)[C@@H](O[C@H]4C[C@H](OCc5ccccc5)C(O[C@@H]5OC(CO)[C@@H](O[C@H]6C[C@H](OCc7ccccc7)[C@H](C)CO6)[C@H](C)C5N)CO4)[C@H](C)C3N)CO2)[C@H](C)C1N. The lowest BCUT2D eigenvalue weighted by atomic mass is 9.88. The standard InChI is InChI=1S/C63H91N3O18/c1-6-7-17-24-70-61-55(64)38(3)58(47(28-67)77-61)83-53-26-45(72-33-42-20-13-9-14-21-42)50(35-75-53)81-63-57(66)40(5)60(49(30-69)79-63)84-54-27-46(73-34-43-22-15-10-16-23-43)51(36-76-54)80-62-56(65)39(4)59(48(29-68)78-62)82-52-25-44(37(2)31-74-52)71-32-41-18-11-8-12-19-41/h1,8-16,18-23,37-40,44-63,67-69H,7,17,24-36,64-66H2,2-5H3/t37-,38-,39-,40-,44+,45+,46+,47?,48?,49?,50-,51?,52+,53+,54+,55?,56?,57?,58+,59+,60+,61-,62+,63+/m1/s1. The van der Waals surface area contributed by atoms with E-state index in [-0.39, 0.29) is 76.3 Å². The lowest BCUT2D eigenvalue weighted by molar-refractivity contribution is -0.344. The van der Waals surface area contributed by atoms with Crippen LogP contribution in [0.2, 0.25) is 0 Å². The molecular formula is C63H91N3O18. The Kier molecular flexibility index (Phi) is 24.7. The largest absolute Gasteiger partial charge is 0.394 e. The van der Waals surface area contributed by atoms with Crippen molar-refractivity contribution in [2.75, 3.05) is 46.2 Å². The van der Waals surface area contributed by atoms with E-state index in [9.17, 15) is 15.3 Å². The van der Waals surface area contributed by atoms with Gasteiger partial charge in [-0.3, -0.25) is 0 Å². The van der Waals surface area contributed by atoms with Crippen LogP contribution in [0, 0.1) is 36.0 Å². The molecule has 0 aliphatic carbocycles. The zero-order chi connectivity index (χ0) is 59.1. The van der Waals surface area contributed by atoms with Gasteiger partial charge in [-0.2, -0.15) is 0 Å². The molecule has 21 nitrogen and oxygen atoms in total. The fourth-order valence-electron chi connectivity index (χ4n) is 11.9. The number of hydrogen-bond acceptors (Lipinski definition) is 21. The van der Waals surface area contributed by atoms with Crippen LogP contribution in [0.15, 0.2) is 91.0 Å². The van der Waals surface area contributed by atoms with Crippen molar-refractivity contribution < 1.29 is 86.4 Å². The first-order chi connectivity index (χ1) is 40.8. The van der Waals surface area contributed by atoms with E-state index in [2.05, 4.69) is 12.8 Å². The minimum absolute atomic E-state index is 0.0381. The fourth-order valence-corrected chi connectivity index (χ4v) is 11.9. The van der Waals surface area contributed by atoms with E-state index in [0.717, 1.165) is 16.7 Å². The first-order valence-corrected chi connectivity index (χ1v) is 30.0. The molecule has 3 aromatic rings. The molecule has 6 heterocycles. The van der Waals surface area contributed by atoms with Crippen LogP contribution in [0.4, 0.5) is 0 Å². The average Bonchev–Trinajstić information content (AvgIpc) is 2.75. The van der Waals surface area contributed by atoms with E-state index in [1.165, 1.54) is 0 Å². The molecular weight excluding hydrogens is 1090 g/mol. The van der Waals surface area contributed by atoms with Crippen molar-refractivity contribution in [3.63, 3.8) is 0 Å². The van der Waals surface area contributed by atoms with Crippen molar-refractivity contribution in [1.82, 2.24) is 0 Å². The Balaban J connectivity index is 0.815. The summed E-state index contributed by atoms with van der Waals surface area (Å²) >= 11 is 0. The zero-order valence-electron chi connectivity index (χ0n) is 48.9. The monoisotopic (exact) mass is 1180 g/mol. The van der Waals surface area contributed by atoms with Gasteiger partial charge < -0.3 is 104 Å². The molecule has 0 amide bonds. The highest BCUT2D eigenvalue weighted by atomic mass is 16.8. The van der Waals surface area contributed by atoms with Crippen molar-refractivity contribution >= 4 is 0 Å². The normalized spacial score (nSPS) is 39.3. The van der Waals surface area contributed by atoms with Crippen LogP contribution < -0.4 is 17.2 Å². The number of aliphatic hydroxyl groups excluding tert-OH is 3.